The molecule has 0 aromatic heterocycles. The van der Waals surface area contributed by atoms with Gasteiger partial charge in [0.15, 0.2) is 5.84 Å². The summed E-state index contributed by atoms with van der Waals surface area (Å²) in [6.07, 6.45) is 0. The van der Waals surface area contributed by atoms with Gasteiger partial charge in [-0.1, -0.05) is 28.9 Å². The van der Waals surface area contributed by atoms with Gasteiger partial charge >= 0.3 is 0 Å². The minimum Gasteiger partial charge on any atom is -0.497 e. The zero-order valence-corrected chi connectivity index (χ0v) is 12.2. The highest BCUT2D eigenvalue weighted by molar-refractivity contribution is 6.32. The van der Waals surface area contributed by atoms with Crippen LogP contribution in [0.25, 0.3) is 0 Å². The van der Waals surface area contributed by atoms with Crippen LogP contribution in [0.1, 0.15) is 11.1 Å². The van der Waals surface area contributed by atoms with Gasteiger partial charge in [0.2, 0.25) is 0 Å². The second-order valence-corrected chi connectivity index (χ2v) is 4.67. The average Bonchev–Trinajstić information content (AvgIpc) is 2.53. The third-order valence-corrected chi connectivity index (χ3v) is 3.18. The maximum atomic E-state index is 8.62. The zero-order valence-electron chi connectivity index (χ0n) is 11.4. The van der Waals surface area contributed by atoms with E-state index in [2.05, 4.69) is 5.16 Å². The van der Waals surface area contributed by atoms with Crippen molar-refractivity contribution in [3.63, 3.8) is 0 Å². The average molecular weight is 307 g/mol. The smallest absolute Gasteiger partial charge is 0.170 e. The van der Waals surface area contributed by atoms with Gasteiger partial charge in [-0.25, -0.2) is 0 Å². The molecule has 0 heterocycles. The third kappa shape index (κ3) is 3.79. The number of benzene rings is 2. The van der Waals surface area contributed by atoms with Gasteiger partial charge in [-0.2, -0.15) is 0 Å². The molecule has 0 aliphatic heterocycles. The number of nitrogens with two attached hydrogens (primary N) is 1. The monoisotopic (exact) mass is 306 g/mol. The molecule has 0 unspecified atom stereocenters. The summed E-state index contributed by atoms with van der Waals surface area (Å²) in [5.74, 6) is 1.32. The second kappa shape index (κ2) is 6.85. The highest BCUT2D eigenvalue weighted by Crippen LogP contribution is 2.26. The van der Waals surface area contributed by atoms with E-state index >= 15 is 0 Å². The fourth-order valence-electron chi connectivity index (χ4n) is 1.72. The molecule has 0 spiro atoms. The Kier molecular flexibility index (Phi) is 4.90. The maximum Gasteiger partial charge on any atom is 0.170 e. The molecule has 2 rings (SSSR count). The van der Waals surface area contributed by atoms with Crippen LogP contribution < -0.4 is 15.2 Å². The van der Waals surface area contributed by atoms with E-state index in [1.165, 1.54) is 0 Å². The van der Waals surface area contributed by atoms with Crippen molar-refractivity contribution in [1.29, 1.82) is 0 Å². The summed E-state index contributed by atoms with van der Waals surface area (Å²) < 4.78 is 10.7. The van der Waals surface area contributed by atoms with Crippen molar-refractivity contribution < 1.29 is 14.7 Å². The molecule has 5 nitrogen and oxygen atoms in total. The van der Waals surface area contributed by atoms with E-state index in [4.69, 9.17) is 32.0 Å². The molecule has 2 aromatic carbocycles. The number of hydrogen-bond donors (Lipinski definition) is 2. The Morgan fingerprint density at radius 2 is 1.95 bits per heavy atom. The van der Waals surface area contributed by atoms with Crippen LogP contribution in [0.2, 0.25) is 5.02 Å². The van der Waals surface area contributed by atoms with Crippen molar-refractivity contribution >= 4 is 17.4 Å². The number of hydrogen-bond acceptors (Lipinski definition) is 4. The van der Waals surface area contributed by atoms with Crippen LogP contribution in [0, 0.1) is 0 Å². The largest absolute Gasteiger partial charge is 0.497 e. The Bertz CT molecular complexity index is 642. The molecule has 0 aliphatic carbocycles. The van der Waals surface area contributed by atoms with Crippen LogP contribution in [0.15, 0.2) is 47.6 Å². The van der Waals surface area contributed by atoms with Gasteiger partial charge in [-0.15, -0.1) is 0 Å². The number of nitrogens with zero attached hydrogens (tertiary/aromatic N) is 1. The van der Waals surface area contributed by atoms with Crippen LogP contribution in [0.4, 0.5) is 0 Å². The summed E-state index contributed by atoms with van der Waals surface area (Å²) in [5.41, 5.74) is 7.01. The summed E-state index contributed by atoms with van der Waals surface area (Å²) in [5, 5.41) is 11.9. The third-order valence-electron chi connectivity index (χ3n) is 2.89. The van der Waals surface area contributed by atoms with Gasteiger partial charge in [-0.3, -0.25) is 0 Å². The van der Waals surface area contributed by atoms with E-state index < -0.39 is 0 Å². The highest BCUT2D eigenvalue weighted by Gasteiger charge is 2.06. The molecule has 2 aromatic rings. The molecule has 0 saturated carbocycles. The molecule has 3 N–H and O–H groups in total. The summed E-state index contributed by atoms with van der Waals surface area (Å²) in [7, 11) is 1.62. The van der Waals surface area contributed by atoms with Crippen molar-refractivity contribution in [1.82, 2.24) is 0 Å². The molecule has 0 bridgehead atoms. The molecule has 6 heteroatoms. The van der Waals surface area contributed by atoms with Crippen LogP contribution in [0.5, 0.6) is 11.5 Å². The predicted molar refractivity (Wildman–Crippen MR) is 81.3 cm³/mol. The first kappa shape index (κ1) is 15.0. The normalized spacial score (nSPS) is 11.2. The van der Waals surface area contributed by atoms with E-state index in [1.54, 1.807) is 25.3 Å². The molecule has 0 aliphatic rings. The molecular weight excluding hydrogens is 292 g/mol. The molecular formula is C15H15ClN2O3. The first-order valence-electron chi connectivity index (χ1n) is 6.17. The summed E-state index contributed by atoms with van der Waals surface area (Å²) in [6.45, 7) is 0.382. The number of amidine groups is 1. The molecule has 0 atom stereocenters. The fraction of sp³-hybridized carbons (Fsp3) is 0.133. The van der Waals surface area contributed by atoms with Gasteiger partial charge in [0, 0.05) is 5.56 Å². The first-order chi connectivity index (χ1) is 10.1. The van der Waals surface area contributed by atoms with Gasteiger partial charge in [0.1, 0.15) is 18.1 Å². The van der Waals surface area contributed by atoms with E-state index in [-0.39, 0.29) is 5.84 Å². The van der Waals surface area contributed by atoms with Gasteiger partial charge in [0.25, 0.3) is 0 Å². The fourth-order valence-corrected chi connectivity index (χ4v) is 1.95. The van der Waals surface area contributed by atoms with Crippen molar-refractivity contribution in [3.8, 4) is 11.5 Å². The van der Waals surface area contributed by atoms with Crippen molar-refractivity contribution in [2.24, 2.45) is 10.9 Å². The maximum absolute atomic E-state index is 8.62. The van der Waals surface area contributed by atoms with Crippen molar-refractivity contribution in [2.75, 3.05) is 7.11 Å². The van der Waals surface area contributed by atoms with Crippen molar-refractivity contribution in [2.45, 2.75) is 6.61 Å². The number of oxime groups is 1. The molecule has 110 valence electrons. The Balaban J connectivity index is 2.05. The number of rotatable bonds is 5. The van der Waals surface area contributed by atoms with Gasteiger partial charge in [-0.05, 0) is 35.9 Å². The molecule has 0 fully saturated rings. The zero-order chi connectivity index (χ0) is 15.2. The lowest BCUT2D eigenvalue weighted by Gasteiger charge is -2.09. The summed E-state index contributed by atoms with van der Waals surface area (Å²) in [4.78, 5) is 0. The van der Waals surface area contributed by atoms with Crippen LogP contribution >= 0.6 is 11.6 Å². The second-order valence-electron chi connectivity index (χ2n) is 4.27. The van der Waals surface area contributed by atoms with Crippen LogP contribution in [-0.4, -0.2) is 18.2 Å². The lowest BCUT2D eigenvalue weighted by molar-refractivity contribution is 0.306. The highest BCUT2D eigenvalue weighted by atomic mass is 35.5. The predicted octanol–water partition coefficient (Wildman–Crippen LogP) is 3.02. The SMILES string of the molecule is COc1ccc(COc2ccc(C(N)=NO)cc2Cl)cc1. The van der Waals surface area contributed by atoms with E-state index in [0.29, 0.717) is 22.9 Å². The standard InChI is InChI=1S/C15H15ClN2O3/c1-20-12-5-2-10(3-6-12)9-21-14-7-4-11(8-13(14)16)15(17)18-19/h2-8,19H,9H2,1H3,(H2,17,18). The minimum atomic E-state index is -0.00129. The van der Waals surface area contributed by atoms with Gasteiger partial charge in [0.05, 0.1) is 12.1 Å². The lowest BCUT2D eigenvalue weighted by atomic mass is 10.2. The van der Waals surface area contributed by atoms with Crippen LogP contribution in [0.3, 0.4) is 0 Å². The molecule has 21 heavy (non-hydrogen) atoms. The number of ether oxygens (including phenoxy) is 2. The number of methoxy groups -OCH3 is 1. The molecule has 0 amide bonds. The first-order valence-corrected chi connectivity index (χ1v) is 6.55. The van der Waals surface area contributed by atoms with E-state index in [9.17, 15) is 0 Å². The Morgan fingerprint density at radius 1 is 1.24 bits per heavy atom. The summed E-state index contributed by atoms with van der Waals surface area (Å²) in [6, 6.07) is 12.5. The topological polar surface area (TPSA) is 77.1 Å². The van der Waals surface area contributed by atoms with E-state index in [1.807, 2.05) is 24.3 Å². The van der Waals surface area contributed by atoms with Crippen LogP contribution in [-0.2, 0) is 6.61 Å². The Hall–Kier alpha value is -2.40. The Morgan fingerprint density at radius 3 is 2.52 bits per heavy atom. The van der Waals surface area contributed by atoms with Crippen molar-refractivity contribution in [3.05, 3.63) is 58.6 Å². The molecule has 0 radical (unpaired) electrons. The summed E-state index contributed by atoms with van der Waals surface area (Å²) >= 11 is 6.11. The lowest BCUT2D eigenvalue weighted by Crippen LogP contribution is -2.12. The quantitative estimate of drug-likeness (QED) is 0.385. The van der Waals surface area contributed by atoms with E-state index in [0.717, 1.165) is 11.3 Å². The minimum absolute atomic E-state index is 0.00129. The van der Waals surface area contributed by atoms with Gasteiger partial charge < -0.3 is 20.4 Å². The Labute approximate surface area is 127 Å². The number of halogens is 1. The molecule has 0 saturated heterocycles.